The number of ether oxygens (including phenoxy) is 1. The topological polar surface area (TPSA) is 125 Å². The third kappa shape index (κ3) is 6.70. The Bertz CT molecular complexity index is 1130. The molecule has 0 aromatic heterocycles. The lowest BCUT2D eigenvalue weighted by atomic mass is 9.90. The monoisotopic (exact) mass is 521 g/mol. The highest BCUT2D eigenvalue weighted by molar-refractivity contribution is 5.81. The van der Waals surface area contributed by atoms with Crippen molar-refractivity contribution in [2.24, 2.45) is 5.92 Å². The lowest BCUT2D eigenvalue weighted by molar-refractivity contribution is -0.140. The molecule has 2 aromatic carbocycles. The molecule has 1 atom stereocenters. The van der Waals surface area contributed by atoms with Crippen LogP contribution in [0.1, 0.15) is 56.1 Å². The molecule has 0 bridgehead atoms. The summed E-state index contributed by atoms with van der Waals surface area (Å²) in [5.74, 6) is -1.20. The van der Waals surface area contributed by atoms with E-state index in [-0.39, 0.29) is 36.7 Å². The Labute approximate surface area is 222 Å². The van der Waals surface area contributed by atoms with Gasteiger partial charge in [-0.15, -0.1) is 0 Å². The van der Waals surface area contributed by atoms with Gasteiger partial charge in [-0.05, 0) is 53.9 Å². The molecule has 1 fully saturated rings. The highest BCUT2D eigenvalue weighted by atomic mass is 16.5. The van der Waals surface area contributed by atoms with Crippen molar-refractivity contribution in [3.63, 3.8) is 0 Å². The second-order valence-electron chi connectivity index (χ2n) is 10.0. The zero-order valence-corrected chi connectivity index (χ0v) is 21.7. The molecule has 9 heteroatoms. The zero-order valence-electron chi connectivity index (χ0n) is 21.7. The van der Waals surface area contributed by atoms with Crippen molar-refractivity contribution >= 4 is 23.9 Å². The van der Waals surface area contributed by atoms with Crippen LogP contribution in [0.4, 0.5) is 4.79 Å². The average molecular weight is 522 g/mol. The van der Waals surface area contributed by atoms with Gasteiger partial charge in [0.2, 0.25) is 11.8 Å². The lowest BCUT2D eigenvalue weighted by Crippen LogP contribution is -2.45. The molecule has 1 aliphatic heterocycles. The van der Waals surface area contributed by atoms with Gasteiger partial charge in [0.05, 0.1) is 0 Å². The molecule has 1 heterocycles. The average Bonchev–Trinajstić information content (AvgIpc) is 3.23. The summed E-state index contributed by atoms with van der Waals surface area (Å²) in [6.45, 7) is 3.15. The van der Waals surface area contributed by atoms with Crippen LogP contribution in [0.2, 0.25) is 0 Å². The molecule has 3 amide bonds. The first kappa shape index (κ1) is 27.2. The lowest BCUT2D eigenvalue weighted by Gasteiger charge is -2.33. The number of hydrogen-bond acceptors (Lipinski definition) is 5. The van der Waals surface area contributed by atoms with Gasteiger partial charge < -0.3 is 25.4 Å². The van der Waals surface area contributed by atoms with Gasteiger partial charge in [-0.1, -0.05) is 48.5 Å². The summed E-state index contributed by atoms with van der Waals surface area (Å²) in [6.07, 6.45) is 1.84. The van der Waals surface area contributed by atoms with E-state index >= 15 is 0 Å². The summed E-state index contributed by atoms with van der Waals surface area (Å²) in [5.41, 5.74) is 4.43. The molecule has 4 rings (SSSR count). The summed E-state index contributed by atoms with van der Waals surface area (Å²) >= 11 is 0. The number of carbonyl (C=O) groups excluding carboxylic acids is 3. The minimum atomic E-state index is -1.10. The minimum absolute atomic E-state index is 0.0420. The zero-order chi connectivity index (χ0) is 27.1. The van der Waals surface area contributed by atoms with Crippen molar-refractivity contribution in [3.05, 3.63) is 59.7 Å². The molecular formula is C29H35N3O6. The Hall–Kier alpha value is -3.88. The maximum atomic E-state index is 12.6. The van der Waals surface area contributed by atoms with E-state index in [1.807, 2.05) is 36.4 Å². The van der Waals surface area contributed by atoms with Crippen LogP contribution in [0.3, 0.4) is 0 Å². The van der Waals surface area contributed by atoms with E-state index < -0.39 is 18.1 Å². The van der Waals surface area contributed by atoms with Crippen LogP contribution in [0, 0.1) is 5.92 Å². The Morgan fingerprint density at radius 2 is 1.61 bits per heavy atom. The van der Waals surface area contributed by atoms with Gasteiger partial charge in [0.25, 0.3) is 0 Å². The SMILES string of the molecule is CC(=O)NCCCC(=O)N1CCC(C[C@H](NC(=O)OCC2c3ccccc3-c3ccccc32)C(=O)O)CC1. The van der Waals surface area contributed by atoms with E-state index in [0.717, 1.165) is 22.3 Å². The molecule has 0 unspecified atom stereocenters. The van der Waals surface area contributed by atoms with Crippen molar-refractivity contribution in [3.8, 4) is 11.1 Å². The molecule has 2 aromatic rings. The number of piperidine rings is 1. The normalized spacial score (nSPS) is 15.8. The number of fused-ring (bicyclic) bond motifs is 3. The van der Waals surface area contributed by atoms with Crippen LogP contribution in [0.15, 0.2) is 48.5 Å². The fourth-order valence-corrected chi connectivity index (χ4v) is 5.42. The first-order valence-electron chi connectivity index (χ1n) is 13.2. The Kier molecular flexibility index (Phi) is 8.99. The van der Waals surface area contributed by atoms with Gasteiger partial charge in [-0.25, -0.2) is 9.59 Å². The number of carboxylic acid groups (broad SMARTS) is 1. The molecular weight excluding hydrogens is 486 g/mol. The maximum Gasteiger partial charge on any atom is 0.407 e. The van der Waals surface area contributed by atoms with Crippen molar-refractivity contribution in [1.82, 2.24) is 15.5 Å². The van der Waals surface area contributed by atoms with Gasteiger partial charge in [-0.2, -0.15) is 0 Å². The van der Waals surface area contributed by atoms with E-state index in [2.05, 4.69) is 22.8 Å². The molecule has 3 N–H and O–H groups in total. The number of carboxylic acids is 1. The third-order valence-electron chi connectivity index (χ3n) is 7.41. The summed E-state index contributed by atoms with van der Waals surface area (Å²) in [7, 11) is 0. The van der Waals surface area contributed by atoms with Crippen LogP contribution in [0.25, 0.3) is 11.1 Å². The summed E-state index contributed by atoms with van der Waals surface area (Å²) in [4.78, 5) is 49.6. The number of hydrogen-bond donors (Lipinski definition) is 3. The number of carbonyl (C=O) groups is 4. The molecule has 0 saturated carbocycles. The van der Waals surface area contributed by atoms with Crippen LogP contribution < -0.4 is 10.6 Å². The van der Waals surface area contributed by atoms with E-state index in [1.54, 1.807) is 4.90 Å². The predicted molar refractivity (Wildman–Crippen MR) is 141 cm³/mol. The highest BCUT2D eigenvalue weighted by Gasteiger charge is 2.31. The van der Waals surface area contributed by atoms with Gasteiger partial charge in [-0.3, -0.25) is 9.59 Å². The minimum Gasteiger partial charge on any atom is -0.480 e. The van der Waals surface area contributed by atoms with E-state index in [0.29, 0.717) is 45.3 Å². The number of benzene rings is 2. The summed E-state index contributed by atoms with van der Waals surface area (Å²) in [5, 5.41) is 14.9. The van der Waals surface area contributed by atoms with E-state index in [1.165, 1.54) is 6.92 Å². The summed E-state index contributed by atoms with van der Waals surface area (Å²) < 4.78 is 5.53. The van der Waals surface area contributed by atoms with Crippen molar-refractivity contribution < 1.29 is 29.0 Å². The first-order valence-corrected chi connectivity index (χ1v) is 13.2. The van der Waals surface area contributed by atoms with Gasteiger partial charge >= 0.3 is 12.1 Å². The fraction of sp³-hybridized carbons (Fsp3) is 0.448. The fourth-order valence-electron chi connectivity index (χ4n) is 5.42. The van der Waals surface area contributed by atoms with Crippen LogP contribution >= 0.6 is 0 Å². The Morgan fingerprint density at radius 3 is 2.18 bits per heavy atom. The third-order valence-corrected chi connectivity index (χ3v) is 7.41. The molecule has 1 saturated heterocycles. The first-order chi connectivity index (χ1) is 18.3. The summed E-state index contributed by atoms with van der Waals surface area (Å²) in [6, 6.07) is 15.0. The quantitative estimate of drug-likeness (QED) is 0.411. The van der Waals surface area contributed by atoms with E-state index in [9.17, 15) is 24.3 Å². The molecule has 0 radical (unpaired) electrons. The van der Waals surface area contributed by atoms with Crippen molar-refractivity contribution in [2.75, 3.05) is 26.2 Å². The van der Waals surface area contributed by atoms with Crippen LogP contribution in [-0.2, 0) is 19.1 Å². The number of rotatable bonds is 10. The smallest absolute Gasteiger partial charge is 0.407 e. The van der Waals surface area contributed by atoms with Gasteiger partial charge in [0, 0.05) is 38.9 Å². The number of likely N-dealkylation sites (tertiary alicyclic amines) is 1. The molecule has 1 aliphatic carbocycles. The van der Waals surface area contributed by atoms with E-state index in [4.69, 9.17) is 4.74 Å². The van der Waals surface area contributed by atoms with Crippen LogP contribution in [0.5, 0.6) is 0 Å². The molecule has 38 heavy (non-hydrogen) atoms. The molecule has 0 spiro atoms. The molecule has 202 valence electrons. The van der Waals surface area contributed by atoms with Gasteiger partial charge in [0.15, 0.2) is 0 Å². The second kappa shape index (κ2) is 12.6. The number of alkyl carbamates (subject to hydrolysis) is 1. The highest BCUT2D eigenvalue weighted by Crippen LogP contribution is 2.44. The second-order valence-corrected chi connectivity index (χ2v) is 10.0. The number of nitrogens with one attached hydrogen (secondary N) is 2. The molecule has 9 nitrogen and oxygen atoms in total. The number of amides is 3. The molecule has 2 aliphatic rings. The van der Waals surface area contributed by atoms with Crippen molar-refractivity contribution in [2.45, 2.75) is 51.0 Å². The number of nitrogens with zero attached hydrogens (tertiary/aromatic N) is 1. The predicted octanol–water partition coefficient (Wildman–Crippen LogP) is 3.52. The maximum absolute atomic E-state index is 12.6. The Morgan fingerprint density at radius 1 is 1.00 bits per heavy atom. The van der Waals surface area contributed by atoms with Crippen LogP contribution in [-0.4, -0.2) is 66.2 Å². The van der Waals surface area contributed by atoms with Gasteiger partial charge in [0.1, 0.15) is 12.6 Å². The Balaban J connectivity index is 1.24. The largest absolute Gasteiger partial charge is 0.480 e. The standard InChI is InChI=1S/C29H35N3O6/c1-19(33)30-14-6-11-27(34)32-15-12-20(13-16-32)17-26(28(35)36)31-29(37)38-18-25-23-9-4-2-7-21(23)22-8-3-5-10-24(22)25/h2-5,7-10,20,25-26H,6,11-18H2,1H3,(H,30,33)(H,31,37)(H,35,36)/t26-/m0/s1. The van der Waals surface area contributed by atoms with Crippen molar-refractivity contribution in [1.29, 1.82) is 0 Å². The number of aliphatic carboxylic acids is 1.